The highest BCUT2D eigenvalue weighted by Gasteiger charge is 2.33. The van der Waals surface area contributed by atoms with Crippen molar-refractivity contribution in [2.24, 2.45) is 0 Å². The van der Waals surface area contributed by atoms with Gasteiger partial charge in [0.2, 0.25) is 5.28 Å². The monoisotopic (exact) mass is 549 g/mol. The molecule has 39 heavy (non-hydrogen) atoms. The fraction of sp³-hybridized carbons (Fsp3) is 0.167. The number of halogens is 4. The fourth-order valence-electron chi connectivity index (χ4n) is 3.83. The van der Waals surface area contributed by atoms with Gasteiger partial charge >= 0.3 is 6.18 Å². The minimum Gasteiger partial charge on any atom is -0.399 e. The van der Waals surface area contributed by atoms with Crippen molar-refractivity contribution >= 4 is 39.8 Å². The number of nitrogen functional groups attached to an aromatic ring is 1. The van der Waals surface area contributed by atoms with Gasteiger partial charge in [-0.25, -0.2) is 4.98 Å². The van der Waals surface area contributed by atoms with Crippen molar-refractivity contribution in [3.63, 3.8) is 0 Å². The van der Waals surface area contributed by atoms with Crippen LogP contribution < -0.4 is 11.1 Å². The molecule has 0 radical (unpaired) electrons. The molecule has 0 amide bonds. The second-order valence-corrected chi connectivity index (χ2v) is 10.2. The molecule has 2 heterocycles. The summed E-state index contributed by atoms with van der Waals surface area (Å²) in [7, 11) is 0. The van der Waals surface area contributed by atoms with Crippen LogP contribution in [0.4, 0.5) is 30.4 Å². The molecule has 5 aromatic rings. The van der Waals surface area contributed by atoms with Crippen molar-refractivity contribution in [1.29, 1.82) is 0 Å². The summed E-state index contributed by atoms with van der Waals surface area (Å²) in [4.78, 5) is 12.7. The van der Waals surface area contributed by atoms with Crippen molar-refractivity contribution in [2.75, 3.05) is 11.1 Å². The molecule has 0 fully saturated rings. The Balaban J connectivity index is 0.000000438. The minimum atomic E-state index is -4.50. The smallest absolute Gasteiger partial charge is 0.399 e. The number of aromatic nitrogens is 3. The highest BCUT2D eigenvalue weighted by Crippen LogP contribution is 2.37. The van der Waals surface area contributed by atoms with E-state index in [-0.39, 0.29) is 27.6 Å². The molecular weight excluding hydrogens is 523 g/mol. The van der Waals surface area contributed by atoms with E-state index in [1.807, 2.05) is 54.6 Å². The van der Waals surface area contributed by atoms with Crippen LogP contribution in [0.15, 0.2) is 91.0 Å². The normalized spacial score (nSPS) is 11.6. The zero-order valence-corrected chi connectivity index (χ0v) is 22.3. The van der Waals surface area contributed by atoms with E-state index in [4.69, 9.17) is 17.3 Å². The second kappa shape index (κ2) is 11.3. The maximum absolute atomic E-state index is 13.4. The molecular formula is C30H27ClF3N5. The molecule has 0 saturated heterocycles. The van der Waals surface area contributed by atoms with Gasteiger partial charge in [-0.05, 0) is 65.0 Å². The highest BCUT2D eigenvalue weighted by molar-refractivity contribution is 6.28. The number of rotatable bonds is 3. The van der Waals surface area contributed by atoms with E-state index in [1.165, 1.54) is 29.8 Å². The molecule has 0 aliphatic carbocycles. The number of nitrogens with one attached hydrogen (secondary N) is 1. The summed E-state index contributed by atoms with van der Waals surface area (Å²) in [5.41, 5.74) is 7.75. The van der Waals surface area contributed by atoms with Crippen LogP contribution in [-0.2, 0) is 11.6 Å². The Morgan fingerprint density at radius 1 is 0.744 bits per heavy atom. The maximum atomic E-state index is 13.4. The van der Waals surface area contributed by atoms with Crippen LogP contribution in [0.25, 0.3) is 22.3 Å². The summed E-state index contributed by atoms with van der Waals surface area (Å²) in [6.07, 6.45) is -4.50. The van der Waals surface area contributed by atoms with Gasteiger partial charge in [0, 0.05) is 16.9 Å². The van der Waals surface area contributed by atoms with Crippen LogP contribution in [0, 0.1) is 0 Å². The Morgan fingerprint density at radius 3 is 1.97 bits per heavy atom. The number of fused-ring (bicyclic) bond motifs is 1. The van der Waals surface area contributed by atoms with Crippen molar-refractivity contribution in [3.05, 3.63) is 107 Å². The van der Waals surface area contributed by atoms with E-state index >= 15 is 0 Å². The largest absolute Gasteiger partial charge is 0.417 e. The summed E-state index contributed by atoms with van der Waals surface area (Å²) < 4.78 is 40.3. The Labute approximate surface area is 229 Å². The quantitative estimate of drug-likeness (QED) is 0.174. The first-order chi connectivity index (χ1) is 18.4. The molecule has 3 N–H and O–H groups in total. The van der Waals surface area contributed by atoms with Gasteiger partial charge in [0.25, 0.3) is 0 Å². The van der Waals surface area contributed by atoms with Crippen LogP contribution in [0.3, 0.4) is 0 Å². The maximum Gasteiger partial charge on any atom is 0.417 e. The van der Waals surface area contributed by atoms with Gasteiger partial charge in [-0.2, -0.15) is 23.1 Å². The molecule has 5 rings (SSSR count). The molecule has 5 nitrogen and oxygen atoms in total. The third kappa shape index (κ3) is 7.03. The summed E-state index contributed by atoms with van der Waals surface area (Å²) in [6.45, 7) is 6.40. The number of pyridine rings is 1. The zero-order chi connectivity index (χ0) is 28.2. The van der Waals surface area contributed by atoms with E-state index in [2.05, 4.69) is 41.0 Å². The van der Waals surface area contributed by atoms with Gasteiger partial charge < -0.3 is 11.1 Å². The molecule has 0 atom stereocenters. The lowest BCUT2D eigenvalue weighted by molar-refractivity contribution is -0.137. The number of nitrogens with zero attached hydrogens (tertiary/aromatic N) is 3. The molecule has 0 saturated carbocycles. The van der Waals surface area contributed by atoms with E-state index in [1.54, 1.807) is 6.07 Å². The third-order valence-electron chi connectivity index (χ3n) is 5.85. The van der Waals surface area contributed by atoms with E-state index in [0.717, 1.165) is 17.4 Å². The first-order valence-corrected chi connectivity index (χ1v) is 12.5. The Kier molecular flexibility index (Phi) is 8.06. The SMILES string of the molecule is CC(C)(C)c1ccc(Nc2nc(Cl)nc3nc(-c4ccccc4C(F)(F)F)ccc23)cc1.Nc1ccccc1. The number of para-hydroxylation sites is 1. The van der Waals surface area contributed by atoms with E-state index < -0.39 is 11.7 Å². The molecule has 0 spiro atoms. The van der Waals surface area contributed by atoms with Gasteiger partial charge in [-0.15, -0.1) is 0 Å². The van der Waals surface area contributed by atoms with Crippen LogP contribution >= 0.6 is 11.6 Å². The Morgan fingerprint density at radius 2 is 1.38 bits per heavy atom. The van der Waals surface area contributed by atoms with Gasteiger partial charge in [0.05, 0.1) is 16.6 Å². The summed E-state index contributed by atoms with van der Waals surface area (Å²) in [5.74, 6) is 0.423. The molecule has 0 aliphatic heterocycles. The third-order valence-corrected chi connectivity index (χ3v) is 6.02. The minimum absolute atomic E-state index is 0.0242. The highest BCUT2D eigenvalue weighted by atomic mass is 35.5. The standard InChI is InChI=1S/C24H20ClF3N4.C6H7N/c1-23(2,3)14-8-10-15(11-9-14)29-20-17-12-13-19(30-21(17)32-22(25)31-20)16-6-4-5-7-18(16)24(26,27)28;7-6-4-2-1-3-5-6/h4-13H,1-3H3,(H,29,30,31,32);1-5H,7H2. The van der Waals surface area contributed by atoms with Gasteiger partial charge in [0.1, 0.15) is 5.82 Å². The van der Waals surface area contributed by atoms with Crippen molar-refractivity contribution in [2.45, 2.75) is 32.4 Å². The second-order valence-electron chi connectivity index (χ2n) is 9.82. The predicted molar refractivity (Wildman–Crippen MR) is 152 cm³/mol. The molecule has 0 unspecified atom stereocenters. The molecule has 2 aromatic heterocycles. The number of hydrogen-bond donors (Lipinski definition) is 2. The Hall–Kier alpha value is -4.17. The van der Waals surface area contributed by atoms with Crippen molar-refractivity contribution < 1.29 is 13.2 Å². The number of benzene rings is 3. The van der Waals surface area contributed by atoms with Crippen molar-refractivity contribution in [1.82, 2.24) is 15.0 Å². The van der Waals surface area contributed by atoms with Crippen LogP contribution in [0.2, 0.25) is 5.28 Å². The summed E-state index contributed by atoms with van der Waals surface area (Å²) in [5, 5.41) is 3.69. The summed E-state index contributed by atoms with van der Waals surface area (Å²) >= 11 is 6.10. The van der Waals surface area contributed by atoms with Crippen LogP contribution in [-0.4, -0.2) is 15.0 Å². The number of nitrogens with two attached hydrogens (primary N) is 1. The fourth-order valence-corrected chi connectivity index (χ4v) is 3.99. The van der Waals surface area contributed by atoms with Gasteiger partial charge in [-0.3, -0.25) is 0 Å². The van der Waals surface area contributed by atoms with Gasteiger partial charge in [-0.1, -0.05) is 69.3 Å². The average Bonchev–Trinajstić information content (AvgIpc) is 2.88. The van der Waals surface area contributed by atoms with E-state index in [9.17, 15) is 13.2 Å². The number of anilines is 3. The van der Waals surface area contributed by atoms with E-state index in [0.29, 0.717) is 11.2 Å². The topological polar surface area (TPSA) is 76.7 Å². The molecule has 3 aromatic carbocycles. The first kappa shape index (κ1) is 27.9. The molecule has 0 aliphatic rings. The van der Waals surface area contributed by atoms with Crippen LogP contribution in [0.1, 0.15) is 31.9 Å². The lowest BCUT2D eigenvalue weighted by Crippen LogP contribution is -2.10. The lowest BCUT2D eigenvalue weighted by Gasteiger charge is -2.19. The average molecular weight is 550 g/mol. The van der Waals surface area contributed by atoms with Gasteiger partial charge in [0.15, 0.2) is 5.65 Å². The molecule has 0 bridgehead atoms. The first-order valence-electron chi connectivity index (χ1n) is 12.1. The number of hydrogen-bond acceptors (Lipinski definition) is 5. The van der Waals surface area contributed by atoms with Crippen molar-refractivity contribution in [3.8, 4) is 11.3 Å². The predicted octanol–water partition coefficient (Wildman–Crippen LogP) is 8.67. The lowest BCUT2D eigenvalue weighted by atomic mass is 9.87. The molecule has 9 heteroatoms. The van der Waals surface area contributed by atoms with Crippen LogP contribution in [0.5, 0.6) is 0 Å². The summed E-state index contributed by atoms with van der Waals surface area (Å²) in [6, 6.07) is 25.9. The zero-order valence-electron chi connectivity index (χ0n) is 21.6. The molecule has 200 valence electrons. The number of alkyl halides is 3. The Bertz CT molecular complexity index is 1560.